The van der Waals surface area contributed by atoms with E-state index in [1.165, 1.54) is 24.4 Å². The maximum absolute atomic E-state index is 11.6. The smallest absolute Gasteiger partial charge is 0.310 e. The predicted octanol–water partition coefficient (Wildman–Crippen LogP) is 1.52. The summed E-state index contributed by atoms with van der Waals surface area (Å²) in [4.78, 5) is 25.7. The fourth-order valence-electron chi connectivity index (χ4n) is 1.54. The molecule has 2 aromatic rings. The van der Waals surface area contributed by atoms with Crippen LogP contribution < -0.4 is 10.2 Å². The summed E-state index contributed by atoms with van der Waals surface area (Å²) in [6.07, 6.45) is 4.63. The lowest BCUT2D eigenvalue weighted by atomic mass is 10.3. The van der Waals surface area contributed by atoms with Crippen molar-refractivity contribution in [3.63, 3.8) is 0 Å². The molecule has 22 heavy (non-hydrogen) atoms. The maximum atomic E-state index is 11.6. The number of carbonyl (C=O) groups is 1. The molecule has 1 N–H and O–H groups in total. The Labute approximate surface area is 125 Å². The molecule has 0 aliphatic heterocycles. The highest BCUT2D eigenvalue weighted by Crippen LogP contribution is 2.25. The zero-order valence-electron chi connectivity index (χ0n) is 11.4. The van der Waals surface area contributed by atoms with Crippen LogP contribution in [0.5, 0.6) is 5.75 Å². The number of hydrogen-bond acceptors (Lipinski definition) is 6. The first-order valence-corrected chi connectivity index (χ1v) is 6.25. The van der Waals surface area contributed by atoms with Crippen molar-refractivity contribution in [3.8, 4) is 5.75 Å². The van der Waals surface area contributed by atoms with E-state index in [9.17, 15) is 14.9 Å². The van der Waals surface area contributed by atoms with E-state index in [-0.39, 0.29) is 18.0 Å². The van der Waals surface area contributed by atoms with Gasteiger partial charge >= 0.3 is 5.69 Å². The molecule has 112 valence electrons. The molecule has 1 amide bonds. The Hall–Kier alpha value is -3.29. The molecular formula is C14H12N4O4. The van der Waals surface area contributed by atoms with Crippen LogP contribution in [0, 0.1) is 10.1 Å². The summed E-state index contributed by atoms with van der Waals surface area (Å²) < 4.78 is 5.12. The van der Waals surface area contributed by atoms with Crippen LogP contribution in [0.1, 0.15) is 5.56 Å². The predicted molar refractivity (Wildman–Crippen MR) is 78.6 cm³/mol. The third-order valence-electron chi connectivity index (χ3n) is 2.51. The number of amides is 1. The largest absolute Gasteiger partial charge is 0.477 e. The Morgan fingerprint density at radius 1 is 1.36 bits per heavy atom. The van der Waals surface area contributed by atoms with Gasteiger partial charge in [0.1, 0.15) is 0 Å². The number of ether oxygens (including phenoxy) is 1. The van der Waals surface area contributed by atoms with E-state index in [1.54, 1.807) is 30.6 Å². The van der Waals surface area contributed by atoms with Crippen LogP contribution in [0.25, 0.3) is 0 Å². The summed E-state index contributed by atoms with van der Waals surface area (Å²) in [7, 11) is 0. The van der Waals surface area contributed by atoms with Crippen LogP contribution >= 0.6 is 0 Å². The number of hydrazone groups is 1. The number of para-hydroxylation sites is 2. The van der Waals surface area contributed by atoms with E-state index in [0.717, 1.165) is 5.56 Å². The SMILES string of the molecule is O=C(COc1ccccc1[N+](=O)[O-])N/N=C/c1cccnc1. The van der Waals surface area contributed by atoms with Crippen LogP contribution in [-0.2, 0) is 4.79 Å². The third-order valence-corrected chi connectivity index (χ3v) is 2.51. The number of rotatable bonds is 6. The molecule has 0 saturated heterocycles. The van der Waals surface area contributed by atoms with E-state index in [0.29, 0.717) is 0 Å². The summed E-state index contributed by atoms with van der Waals surface area (Å²) in [5, 5.41) is 14.5. The first-order chi connectivity index (χ1) is 10.7. The van der Waals surface area contributed by atoms with Gasteiger partial charge in [0.2, 0.25) is 0 Å². The number of nitro benzene ring substituents is 1. The van der Waals surface area contributed by atoms with Gasteiger partial charge in [-0.1, -0.05) is 18.2 Å². The second-order valence-electron chi connectivity index (χ2n) is 4.09. The molecule has 0 bridgehead atoms. The molecule has 0 radical (unpaired) electrons. The van der Waals surface area contributed by atoms with Crippen molar-refractivity contribution in [2.24, 2.45) is 5.10 Å². The van der Waals surface area contributed by atoms with Gasteiger partial charge in [0.25, 0.3) is 5.91 Å². The fraction of sp³-hybridized carbons (Fsp3) is 0.0714. The van der Waals surface area contributed by atoms with E-state index >= 15 is 0 Å². The second-order valence-corrected chi connectivity index (χ2v) is 4.09. The number of nitro groups is 1. The molecule has 0 aliphatic rings. The Bertz CT molecular complexity index is 688. The summed E-state index contributed by atoms with van der Waals surface area (Å²) in [5.41, 5.74) is 2.78. The van der Waals surface area contributed by atoms with Gasteiger partial charge in [0.15, 0.2) is 12.4 Å². The van der Waals surface area contributed by atoms with Crippen molar-refractivity contribution < 1.29 is 14.5 Å². The zero-order chi connectivity index (χ0) is 15.8. The van der Waals surface area contributed by atoms with Crippen molar-refractivity contribution in [2.75, 3.05) is 6.61 Å². The van der Waals surface area contributed by atoms with Crippen LogP contribution in [-0.4, -0.2) is 28.6 Å². The summed E-state index contributed by atoms with van der Waals surface area (Å²) in [5.74, 6) is -0.503. The standard InChI is InChI=1S/C14H12N4O4/c19-14(17-16-9-11-4-3-7-15-8-11)10-22-13-6-2-1-5-12(13)18(20)21/h1-9H,10H2,(H,17,19)/b16-9+. The Balaban J connectivity index is 1.86. The average Bonchev–Trinajstić information content (AvgIpc) is 2.54. The number of benzene rings is 1. The van der Waals surface area contributed by atoms with Gasteiger partial charge in [-0.3, -0.25) is 19.9 Å². The number of hydrogen-bond donors (Lipinski definition) is 1. The number of aromatic nitrogens is 1. The van der Waals surface area contributed by atoms with E-state index in [1.807, 2.05) is 0 Å². The molecule has 2 rings (SSSR count). The quantitative estimate of drug-likeness (QED) is 0.494. The van der Waals surface area contributed by atoms with Gasteiger partial charge in [-0.2, -0.15) is 5.10 Å². The van der Waals surface area contributed by atoms with Crippen molar-refractivity contribution in [1.82, 2.24) is 10.4 Å². The van der Waals surface area contributed by atoms with E-state index in [2.05, 4.69) is 15.5 Å². The first-order valence-electron chi connectivity index (χ1n) is 6.25. The normalized spacial score (nSPS) is 10.4. The van der Waals surface area contributed by atoms with Crippen LogP contribution in [0.4, 0.5) is 5.69 Å². The van der Waals surface area contributed by atoms with Crippen molar-refractivity contribution in [1.29, 1.82) is 0 Å². The lowest BCUT2D eigenvalue weighted by molar-refractivity contribution is -0.385. The third kappa shape index (κ3) is 4.37. The maximum Gasteiger partial charge on any atom is 0.310 e. The molecule has 1 aromatic heterocycles. The van der Waals surface area contributed by atoms with Gasteiger partial charge < -0.3 is 4.74 Å². The monoisotopic (exact) mass is 300 g/mol. The molecule has 0 atom stereocenters. The van der Waals surface area contributed by atoms with Gasteiger partial charge in [-0.05, 0) is 12.1 Å². The summed E-state index contributed by atoms with van der Waals surface area (Å²) in [6, 6.07) is 9.33. The van der Waals surface area contributed by atoms with Crippen LogP contribution in [0.2, 0.25) is 0 Å². The highest BCUT2D eigenvalue weighted by molar-refractivity contribution is 5.82. The number of nitrogens with zero attached hydrogens (tertiary/aromatic N) is 3. The molecule has 0 spiro atoms. The highest BCUT2D eigenvalue weighted by atomic mass is 16.6. The molecule has 0 saturated carbocycles. The molecule has 1 heterocycles. The fourth-order valence-corrected chi connectivity index (χ4v) is 1.54. The van der Waals surface area contributed by atoms with E-state index in [4.69, 9.17) is 4.74 Å². The lowest BCUT2D eigenvalue weighted by Gasteiger charge is -2.05. The molecule has 0 fully saturated rings. The highest BCUT2D eigenvalue weighted by Gasteiger charge is 2.14. The lowest BCUT2D eigenvalue weighted by Crippen LogP contribution is -2.24. The molecule has 0 aliphatic carbocycles. The van der Waals surface area contributed by atoms with Gasteiger partial charge in [0.05, 0.1) is 11.1 Å². The molecular weight excluding hydrogens is 288 g/mol. The van der Waals surface area contributed by atoms with Crippen molar-refractivity contribution >= 4 is 17.8 Å². The molecule has 8 nitrogen and oxygen atoms in total. The summed E-state index contributed by atoms with van der Waals surface area (Å²) >= 11 is 0. The van der Waals surface area contributed by atoms with Crippen LogP contribution in [0.3, 0.4) is 0 Å². The molecule has 0 unspecified atom stereocenters. The average molecular weight is 300 g/mol. The number of nitrogens with one attached hydrogen (secondary N) is 1. The Morgan fingerprint density at radius 3 is 2.91 bits per heavy atom. The Kier molecular flexibility index (Phi) is 5.14. The summed E-state index contributed by atoms with van der Waals surface area (Å²) in [6.45, 7) is -0.380. The molecule has 8 heteroatoms. The van der Waals surface area contributed by atoms with Gasteiger partial charge in [-0.15, -0.1) is 0 Å². The minimum absolute atomic E-state index is 0.0267. The van der Waals surface area contributed by atoms with Gasteiger partial charge in [-0.25, -0.2) is 5.43 Å². The van der Waals surface area contributed by atoms with Crippen molar-refractivity contribution in [3.05, 3.63) is 64.5 Å². The van der Waals surface area contributed by atoms with Crippen LogP contribution in [0.15, 0.2) is 53.9 Å². The number of pyridine rings is 1. The minimum Gasteiger partial charge on any atom is -0.477 e. The topological polar surface area (TPSA) is 107 Å². The van der Waals surface area contributed by atoms with E-state index < -0.39 is 10.8 Å². The van der Waals surface area contributed by atoms with Crippen molar-refractivity contribution in [2.45, 2.75) is 0 Å². The zero-order valence-corrected chi connectivity index (χ0v) is 11.4. The minimum atomic E-state index is -0.576. The first kappa shape index (κ1) is 15.1. The van der Waals surface area contributed by atoms with Gasteiger partial charge in [0, 0.05) is 24.0 Å². The second kappa shape index (κ2) is 7.48. The number of carbonyl (C=O) groups excluding carboxylic acids is 1. The Morgan fingerprint density at radius 2 is 2.18 bits per heavy atom. The molecule has 1 aromatic carbocycles.